The van der Waals surface area contributed by atoms with Crippen LogP contribution in [-0.4, -0.2) is 71.4 Å². The summed E-state index contributed by atoms with van der Waals surface area (Å²) in [4.78, 5) is 6.69. The fraction of sp³-hybridized carbons (Fsp3) is 0.794. The number of rotatable bonds is 5. The van der Waals surface area contributed by atoms with Crippen molar-refractivity contribution in [3.05, 3.63) is 24.0 Å². The molecule has 0 amide bonds. The number of aromatic nitrogens is 1. The fourth-order valence-electron chi connectivity index (χ4n) is 3.23. The zero-order valence-corrected chi connectivity index (χ0v) is 29.6. The first-order chi connectivity index (χ1) is 19.6. The van der Waals surface area contributed by atoms with Gasteiger partial charge >= 0.3 is 0 Å². The lowest BCUT2D eigenvalue weighted by Crippen LogP contribution is -2.43. The van der Waals surface area contributed by atoms with E-state index in [1.807, 2.05) is 75.4 Å². The summed E-state index contributed by atoms with van der Waals surface area (Å²) in [7, 11) is 6.67. The summed E-state index contributed by atoms with van der Waals surface area (Å²) >= 11 is 0. The monoisotopic (exact) mass is 571 g/mol. The molecular formula is C34H70N2O4. The van der Waals surface area contributed by atoms with Crippen molar-refractivity contribution in [3.8, 4) is 11.8 Å². The molecule has 240 valence electrons. The Labute approximate surface area is 251 Å². The SMILES string of the molecule is CC.CC.CC.CC.CC.CCC.COC.COCC#Cc1cc(N2CCC(OC3CC(OC)C3)CC2)ccn1. The number of pyridine rings is 1. The van der Waals surface area contributed by atoms with E-state index in [1.54, 1.807) is 28.4 Å². The molecule has 0 bridgehead atoms. The first-order valence-electron chi connectivity index (χ1n) is 15.9. The lowest BCUT2D eigenvalue weighted by atomic mass is 9.91. The molecule has 6 nitrogen and oxygen atoms in total. The van der Waals surface area contributed by atoms with E-state index in [1.165, 1.54) is 12.1 Å². The Morgan fingerprint density at radius 1 is 0.800 bits per heavy atom. The number of piperidine rings is 1. The van der Waals surface area contributed by atoms with Gasteiger partial charge in [0.25, 0.3) is 0 Å². The van der Waals surface area contributed by atoms with Crippen molar-refractivity contribution in [2.24, 2.45) is 0 Å². The second-order valence-electron chi connectivity index (χ2n) is 7.52. The smallest absolute Gasteiger partial charge is 0.115 e. The van der Waals surface area contributed by atoms with Gasteiger partial charge in [0.15, 0.2) is 0 Å². The predicted molar refractivity (Wildman–Crippen MR) is 179 cm³/mol. The Hall–Kier alpha value is -1.65. The Morgan fingerprint density at radius 2 is 1.27 bits per heavy atom. The third-order valence-electron chi connectivity index (χ3n) is 4.75. The lowest BCUT2D eigenvalue weighted by Gasteiger charge is -2.40. The van der Waals surface area contributed by atoms with Gasteiger partial charge in [-0.15, -0.1) is 0 Å². The fourth-order valence-corrected chi connectivity index (χ4v) is 3.23. The van der Waals surface area contributed by atoms with Crippen LogP contribution in [0.3, 0.4) is 0 Å². The van der Waals surface area contributed by atoms with Crippen molar-refractivity contribution < 1.29 is 18.9 Å². The number of hydrogen-bond donors (Lipinski definition) is 0. The zero-order chi connectivity index (χ0) is 32.2. The van der Waals surface area contributed by atoms with Gasteiger partial charge in [0, 0.05) is 53.4 Å². The molecule has 2 aliphatic rings. The Kier molecular flexibility index (Phi) is 50.3. The summed E-state index contributed by atoms with van der Waals surface area (Å²) < 4.78 is 20.7. The minimum atomic E-state index is 0.381. The Morgan fingerprint density at radius 3 is 1.70 bits per heavy atom. The van der Waals surface area contributed by atoms with Crippen molar-refractivity contribution in [3.63, 3.8) is 0 Å². The average molecular weight is 571 g/mol. The standard InChI is InChI=1S/C19H26N2O3.C3H8.C2H6O.5C2H6/c1-22-11-3-4-15-12-16(5-8-20-15)21-9-6-17(7-10-21)24-19-13-18(14-19)23-2;2*1-3-2;5*1-2/h5,8,12,17-19H,6-7,9-11,13-14H2,1-2H3;3H2,1-2H3;1-2H3;5*1-2H3. The molecule has 1 saturated carbocycles. The van der Waals surface area contributed by atoms with Crippen LogP contribution in [-0.2, 0) is 18.9 Å². The third kappa shape index (κ3) is 26.6. The maximum atomic E-state index is 6.18. The molecular weight excluding hydrogens is 500 g/mol. The molecule has 1 aliphatic heterocycles. The van der Waals surface area contributed by atoms with Crippen LogP contribution in [0, 0.1) is 11.8 Å². The van der Waals surface area contributed by atoms with Crippen molar-refractivity contribution in [1.29, 1.82) is 0 Å². The summed E-state index contributed by atoms with van der Waals surface area (Å²) in [6, 6.07) is 4.11. The zero-order valence-electron chi connectivity index (χ0n) is 29.6. The number of ether oxygens (including phenoxy) is 4. The first-order valence-corrected chi connectivity index (χ1v) is 15.9. The molecule has 6 heteroatoms. The van der Waals surface area contributed by atoms with E-state index < -0.39 is 0 Å². The summed E-state index contributed by atoms with van der Waals surface area (Å²) in [5.74, 6) is 5.98. The van der Waals surface area contributed by atoms with Crippen LogP contribution >= 0.6 is 0 Å². The molecule has 2 heterocycles. The number of methoxy groups -OCH3 is 3. The van der Waals surface area contributed by atoms with Crippen molar-refractivity contribution in [1.82, 2.24) is 4.98 Å². The average Bonchev–Trinajstić information content (AvgIpc) is 3.01. The van der Waals surface area contributed by atoms with Gasteiger partial charge in [-0.25, -0.2) is 4.98 Å². The normalized spacial score (nSPS) is 16.1. The largest absolute Gasteiger partial charge is 0.388 e. The minimum absolute atomic E-state index is 0.381. The van der Waals surface area contributed by atoms with Gasteiger partial charge in [-0.1, -0.05) is 95.4 Å². The van der Waals surface area contributed by atoms with Crippen LogP contribution in [0.1, 0.15) is 121 Å². The van der Waals surface area contributed by atoms with Gasteiger partial charge in [-0.2, -0.15) is 0 Å². The van der Waals surface area contributed by atoms with E-state index in [0.29, 0.717) is 24.9 Å². The molecule has 1 aliphatic carbocycles. The van der Waals surface area contributed by atoms with E-state index in [9.17, 15) is 0 Å². The van der Waals surface area contributed by atoms with E-state index >= 15 is 0 Å². The van der Waals surface area contributed by atoms with Gasteiger partial charge in [-0.05, 0) is 43.7 Å². The summed E-state index contributed by atoms with van der Waals surface area (Å²) in [5.41, 5.74) is 1.98. The van der Waals surface area contributed by atoms with Gasteiger partial charge in [0.2, 0.25) is 0 Å². The molecule has 0 aromatic carbocycles. The number of nitrogens with zero attached hydrogens (tertiary/aromatic N) is 2. The highest BCUT2D eigenvalue weighted by Gasteiger charge is 2.32. The molecule has 0 spiro atoms. The summed E-state index contributed by atoms with van der Waals surface area (Å²) in [6.45, 7) is 26.7. The maximum absolute atomic E-state index is 6.18. The highest BCUT2D eigenvalue weighted by molar-refractivity contribution is 5.50. The van der Waals surface area contributed by atoms with Crippen LogP contribution in [0.15, 0.2) is 18.3 Å². The van der Waals surface area contributed by atoms with Gasteiger partial charge < -0.3 is 23.8 Å². The number of anilines is 1. The molecule has 0 N–H and O–H groups in total. The van der Waals surface area contributed by atoms with Crippen molar-refractivity contribution in [2.75, 3.05) is 53.0 Å². The van der Waals surface area contributed by atoms with Crippen LogP contribution in [0.25, 0.3) is 0 Å². The van der Waals surface area contributed by atoms with Crippen LogP contribution in [0.4, 0.5) is 5.69 Å². The second kappa shape index (κ2) is 41.8. The Balaban J connectivity index is -0.000000218. The van der Waals surface area contributed by atoms with E-state index in [2.05, 4.69) is 52.4 Å². The molecule has 3 rings (SSSR count). The number of hydrogen-bond acceptors (Lipinski definition) is 6. The summed E-state index contributed by atoms with van der Waals surface area (Å²) in [5, 5.41) is 0. The van der Waals surface area contributed by atoms with Gasteiger partial charge in [0.05, 0.1) is 18.3 Å². The van der Waals surface area contributed by atoms with Crippen LogP contribution in [0.5, 0.6) is 0 Å². The molecule has 1 aromatic heterocycles. The first kappa shape index (κ1) is 48.1. The predicted octanol–water partition coefficient (Wildman–Crippen LogP) is 9.05. The molecule has 0 unspecified atom stereocenters. The second-order valence-corrected chi connectivity index (χ2v) is 7.52. The van der Waals surface area contributed by atoms with Crippen LogP contribution < -0.4 is 4.90 Å². The third-order valence-corrected chi connectivity index (χ3v) is 4.75. The molecule has 0 radical (unpaired) electrons. The molecule has 1 aromatic rings. The van der Waals surface area contributed by atoms with Crippen LogP contribution in [0.2, 0.25) is 0 Å². The molecule has 2 fully saturated rings. The van der Waals surface area contributed by atoms with Gasteiger partial charge in [-0.3, -0.25) is 0 Å². The maximum Gasteiger partial charge on any atom is 0.115 e. The van der Waals surface area contributed by atoms with E-state index in [4.69, 9.17) is 14.2 Å². The minimum Gasteiger partial charge on any atom is -0.388 e. The van der Waals surface area contributed by atoms with Gasteiger partial charge in [0.1, 0.15) is 12.3 Å². The van der Waals surface area contributed by atoms with Crippen molar-refractivity contribution in [2.45, 2.75) is 134 Å². The molecule has 1 saturated heterocycles. The lowest BCUT2D eigenvalue weighted by molar-refractivity contribution is -0.119. The summed E-state index contributed by atoms with van der Waals surface area (Å²) in [6.07, 6.45) is 8.50. The Bertz CT molecular complexity index is 616. The van der Waals surface area contributed by atoms with Crippen molar-refractivity contribution >= 4 is 5.69 Å². The van der Waals surface area contributed by atoms with E-state index in [-0.39, 0.29) is 0 Å². The quantitative estimate of drug-likeness (QED) is 0.329. The topological polar surface area (TPSA) is 53.1 Å². The molecule has 40 heavy (non-hydrogen) atoms. The molecule has 0 atom stereocenters. The van der Waals surface area contributed by atoms with E-state index in [0.717, 1.165) is 44.5 Å². The highest BCUT2D eigenvalue weighted by Crippen LogP contribution is 2.30. The highest BCUT2D eigenvalue weighted by atomic mass is 16.5.